The normalized spacial score (nSPS) is 24.3. The van der Waals surface area contributed by atoms with Gasteiger partial charge in [-0.2, -0.15) is 0 Å². The van der Waals surface area contributed by atoms with Crippen molar-refractivity contribution >= 4 is 11.9 Å². The zero-order chi connectivity index (χ0) is 17.2. The lowest BCUT2D eigenvalue weighted by Gasteiger charge is -2.40. The molecular formula is C19H27N3O2. The van der Waals surface area contributed by atoms with E-state index >= 15 is 0 Å². The van der Waals surface area contributed by atoms with Gasteiger partial charge in [-0.25, -0.2) is 4.79 Å². The summed E-state index contributed by atoms with van der Waals surface area (Å²) in [6, 6.07) is 10.3. The highest BCUT2D eigenvalue weighted by Crippen LogP contribution is 2.37. The highest BCUT2D eigenvalue weighted by molar-refractivity contribution is 5.85. The van der Waals surface area contributed by atoms with Crippen molar-refractivity contribution in [1.82, 2.24) is 9.80 Å². The molecule has 3 rings (SSSR count). The number of nitrogens with zero attached hydrogens (tertiary/aromatic N) is 2. The predicted octanol–water partition coefficient (Wildman–Crippen LogP) is 2.40. The van der Waals surface area contributed by atoms with Gasteiger partial charge in [-0.15, -0.1) is 0 Å². The second-order valence-electron chi connectivity index (χ2n) is 7.25. The molecule has 1 saturated heterocycles. The molecule has 5 heteroatoms. The predicted molar refractivity (Wildman–Crippen MR) is 93.4 cm³/mol. The van der Waals surface area contributed by atoms with Crippen molar-refractivity contribution in [3.05, 3.63) is 35.9 Å². The van der Waals surface area contributed by atoms with E-state index in [4.69, 9.17) is 5.73 Å². The lowest BCUT2D eigenvalue weighted by atomic mass is 9.82. The molecule has 0 bridgehead atoms. The molecule has 5 nitrogen and oxygen atoms in total. The van der Waals surface area contributed by atoms with E-state index in [9.17, 15) is 9.59 Å². The van der Waals surface area contributed by atoms with Gasteiger partial charge in [-0.05, 0) is 37.2 Å². The lowest BCUT2D eigenvalue weighted by molar-refractivity contribution is -0.118. The molecule has 0 unspecified atom stereocenters. The Balaban J connectivity index is 1.86. The molecule has 24 heavy (non-hydrogen) atoms. The van der Waals surface area contributed by atoms with Crippen LogP contribution in [0.25, 0.3) is 0 Å². The fourth-order valence-electron chi connectivity index (χ4n) is 3.95. The zero-order valence-electron chi connectivity index (χ0n) is 14.4. The average molecular weight is 329 g/mol. The minimum atomic E-state index is -0.446. The van der Waals surface area contributed by atoms with Crippen molar-refractivity contribution in [2.24, 2.45) is 11.7 Å². The molecule has 0 radical (unpaired) electrons. The number of hydrogen-bond acceptors (Lipinski definition) is 2. The Morgan fingerprint density at radius 2 is 2.00 bits per heavy atom. The van der Waals surface area contributed by atoms with Crippen molar-refractivity contribution < 1.29 is 9.59 Å². The molecule has 1 aromatic rings. The maximum atomic E-state index is 12.9. The molecule has 1 atom stereocenters. The molecule has 1 aromatic carbocycles. The average Bonchev–Trinajstić information content (AvgIpc) is 2.76. The van der Waals surface area contributed by atoms with Crippen molar-refractivity contribution in [2.45, 2.75) is 44.6 Å². The summed E-state index contributed by atoms with van der Waals surface area (Å²) in [5.41, 5.74) is 6.33. The monoisotopic (exact) mass is 329 g/mol. The van der Waals surface area contributed by atoms with Crippen LogP contribution < -0.4 is 5.73 Å². The molecule has 1 heterocycles. The smallest absolute Gasteiger partial charge is 0.321 e. The Kier molecular flexibility index (Phi) is 4.78. The molecule has 2 N–H and O–H groups in total. The number of urea groups is 1. The zero-order valence-corrected chi connectivity index (χ0v) is 14.4. The summed E-state index contributed by atoms with van der Waals surface area (Å²) in [5, 5.41) is 0. The van der Waals surface area contributed by atoms with Crippen LogP contribution in [0.4, 0.5) is 4.79 Å². The summed E-state index contributed by atoms with van der Waals surface area (Å²) in [7, 11) is 0. The fourth-order valence-corrected chi connectivity index (χ4v) is 3.95. The van der Waals surface area contributed by atoms with E-state index in [-0.39, 0.29) is 18.1 Å². The van der Waals surface area contributed by atoms with Gasteiger partial charge < -0.3 is 15.5 Å². The Labute approximate surface area is 143 Å². The maximum Gasteiger partial charge on any atom is 0.321 e. The molecule has 0 aromatic heterocycles. The summed E-state index contributed by atoms with van der Waals surface area (Å²) in [5.74, 6) is 0.155. The third-order valence-electron chi connectivity index (χ3n) is 5.61. The molecule has 2 fully saturated rings. The number of rotatable bonds is 7. The van der Waals surface area contributed by atoms with E-state index in [0.29, 0.717) is 12.5 Å². The first kappa shape index (κ1) is 16.8. The maximum absolute atomic E-state index is 12.9. The van der Waals surface area contributed by atoms with E-state index in [1.54, 1.807) is 4.90 Å². The second kappa shape index (κ2) is 6.83. The first-order valence-corrected chi connectivity index (χ1v) is 8.93. The third kappa shape index (κ3) is 3.25. The Morgan fingerprint density at radius 1 is 1.29 bits per heavy atom. The van der Waals surface area contributed by atoms with E-state index in [1.165, 1.54) is 24.8 Å². The second-order valence-corrected chi connectivity index (χ2v) is 7.25. The first-order valence-electron chi connectivity index (χ1n) is 8.93. The van der Waals surface area contributed by atoms with Gasteiger partial charge in [0.1, 0.15) is 6.54 Å². The number of amides is 3. The van der Waals surface area contributed by atoms with Crippen LogP contribution in [-0.2, 0) is 11.2 Å². The molecule has 0 spiro atoms. The van der Waals surface area contributed by atoms with E-state index in [2.05, 4.69) is 19.1 Å². The molecule has 2 aliphatic rings. The SMILES string of the molecule is CC[C@@]1(Cc2ccccc2)CN(CC(N)=O)C(=O)N1CC1CCC1. The van der Waals surface area contributed by atoms with Gasteiger partial charge in [-0.3, -0.25) is 4.79 Å². The van der Waals surface area contributed by atoms with Gasteiger partial charge in [0.25, 0.3) is 0 Å². The molecule has 1 aliphatic carbocycles. The number of carbonyl (C=O) groups is 2. The number of nitrogens with two attached hydrogens (primary N) is 1. The molecular weight excluding hydrogens is 302 g/mol. The van der Waals surface area contributed by atoms with Crippen LogP contribution in [-0.4, -0.2) is 46.9 Å². The van der Waals surface area contributed by atoms with Crippen LogP contribution in [0.1, 0.15) is 38.2 Å². The molecule has 3 amide bonds. The van der Waals surface area contributed by atoms with Crippen molar-refractivity contribution in [2.75, 3.05) is 19.6 Å². The summed E-state index contributed by atoms with van der Waals surface area (Å²) >= 11 is 0. The summed E-state index contributed by atoms with van der Waals surface area (Å²) in [6.07, 6.45) is 5.35. The van der Waals surface area contributed by atoms with Crippen LogP contribution in [0, 0.1) is 5.92 Å². The molecule has 130 valence electrons. The Morgan fingerprint density at radius 3 is 2.54 bits per heavy atom. The van der Waals surface area contributed by atoms with Gasteiger partial charge in [-0.1, -0.05) is 43.7 Å². The van der Waals surface area contributed by atoms with Crippen molar-refractivity contribution in [3.63, 3.8) is 0 Å². The third-order valence-corrected chi connectivity index (χ3v) is 5.61. The quantitative estimate of drug-likeness (QED) is 0.835. The van der Waals surface area contributed by atoms with Crippen molar-refractivity contribution in [3.8, 4) is 0 Å². The van der Waals surface area contributed by atoms with E-state index < -0.39 is 5.91 Å². The minimum absolute atomic E-state index is 0.0105. The van der Waals surface area contributed by atoms with Gasteiger partial charge in [0.2, 0.25) is 5.91 Å². The largest absolute Gasteiger partial charge is 0.368 e. The molecule has 1 saturated carbocycles. The summed E-state index contributed by atoms with van der Waals surface area (Å²) in [4.78, 5) is 28.0. The number of carbonyl (C=O) groups excluding carboxylic acids is 2. The van der Waals surface area contributed by atoms with Gasteiger partial charge in [0, 0.05) is 13.1 Å². The topological polar surface area (TPSA) is 66.6 Å². The highest BCUT2D eigenvalue weighted by atomic mass is 16.2. The number of primary amides is 1. The number of benzene rings is 1. The molecule has 1 aliphatic heterocycles. The lowest BCUT2D eigenvalue weighted by Crippen LogP contribution is -2.51. The van der Waals surface area contributed by atoms with Crippen LogP contribution in [0.15, 0.2) is 30.3 Å². The standard InChI is InChI=1S/C19H27N3O2/c1-2-19(11-15-7-4-3-5-8-15)14-21(13-17(20)23)18(24)22(19)12-16-9-6-10-16/h3-5,7-8,16H,2,6,9-14H2,1H3,(H2,20,23)/t19-/m1/s1. The summed E-state index contributed by atoms with van der Waals surface area (Å²) in [6.45, 7) is 3.52. The Hall–Kier alpha value is -2.04. The van der Waals surface area contributed by atoms with E-state index in [1.807, 2.05) is 23.1 Å². The Bertz CT molecular complexity index is 600. The van der Waals surface area contributed by atoms with Crippen LogP contribution >= 0.6 is 0 Å². The van der Waals surface area contributed by atoms with Crippen LogP contribution in [0.3, 0.4) is 0 Å². The fraction of sp³-hybridized carbons (Fsp3) is 0.579. The summed E-state index contributed by atoms with van der Waals surface area (Å²) < 4.78 is 0. The highest BCUT2D eigenvalue weighted by Gasteiger charge is 2.49. The minimum Gasteiger partial charge on any atom is -0.368 e. The van der Waals surface area contributed by atoms with Gasteiger partial charge >= 0.3 is 6.03 Å². The van der Waals surface area contributed by atoms with Gasteiger partial charge in [0.05, 0.1) is 5.54 Å². The van der Waals surface area contributed by atoms with Crippen molar-refractivity contribution in [1.29, 1.82) is 0 Å². The van der Waals surface area contributed by atoms with Gasteiger partial charge in [0.15, 0.2) is 0 Å². The number of hydrogen-bond donors (Lipinski definition) is 1. The van der Waals surface area contributed by atoms with Crippen LogP contribution in [0.5, 0.6) is 0 Å². The first-order chi connectivity index (χ1) is 11.5. The van der Waals surface area contributed by atoms with E-state index in [0.717, 1.165) is 19.4 Å². The van der Waals surface area contributed by atoms with Crippen LogP contribution in [0.2, 0.25) is 0 Å².